The lowest BCUT2D eigenvalue weighted by Gasteiger charge is -2.25. The van der Waals surface area contributed by atoms with Crippen LogP contribution in [0, 0.1) is 13.8 Å². The van der Waals surface area contributed by atoms with E-state index in [0.717, 1.165) is 11.4 Å². The fourth-order valence-electron chi connectivity index (χ4n) is 2.03. The first-order chi connectivity index (χ1) is 9.19. The molecule has 0 aliphatic rings. The van der Waals surface area contributed by atoms with Crippen LogP contribution >= 0.6 is 0 Å². The molecular weight excluding hydrogens is 258 g/mol. The number of nitrogens with one attached hydrogen (secondary N) is 1. The Morgan fingerprint density at radius 1 is 1.35 bits per heavy atom. The molecule has 20 heavy (non-hydrogen) atoms. The minimum absolute atomic E-state index is 0.0464. The number of carboxylic acid groups (broad SMARTS) is 1. The van der Waals surface area contributed by atoms with Crippen molar-refractivity contribution in [3.8, 4) is 0 Å². The van der Waals surface area contributed by atoms with Crippen molar-refractivity contribution in [3.05, 3.63) is 17.5 Å². The summed E-state index contributed by atoms with van der Waals surface area (Å²) in [7, 11) is 0. The van der Waals surface area contributed by atoms with Crippen LogP contribution in [0.5, 0.6) is 0 Å². The summed E-state index contributed by atoms with van der Waals surface area (Å²) in [4.78, 5) is 22.5. The molecule has 0 atom stereocenters. The summed E-state index contributed by atoms with van der Waals surface area (Å²) in [5.41, 5.74) is 1.45. The Morgan fingerprint density at radius 2 is 2.00 bits per heavy atom. The van der Waals surface area contributed by atoms with Gasteiger partial charge in [-0.2, -0.15) is 5.10 Å². The van der Waals surface area contributed by atoms with E-state index in [1.54, 1.807) is 4.68 Å². The Hall–Kier alpha value is -1.85. The number of rotatable bonds is 7. The molecule has 2 N–H and O–H groups in total. The summed E-state index contributed by atoms with van der Waals surface area (Å²) < 4.78 is 1.80. The van der Waals surface area contributed by atoms with Crippen LogP contribution in [0.25, 0.3) is 0 Å². The molecule has 1 amide bonds. The molecule has 0 fully saturated rings. The summed E-state index contributed by atoms with van der Waals surface area (Å²) >= 11 is 0. The van der Waals surface area contributed by atoms with Crippen molar-refractivity contribution in [3.63, 3.8) is 0 Å². The average molecular weight is 281 g/mol. The molecule has 1 aromatic heterocycles. The second-order valence-corrected chi connectivity index (χ2v) is 5.73. The highest BCUT2D eigenvalue weighted by Crippen LogP contribution is 2.11. The van der Waals surface area contributed by atoms with Gasteiger partial charge >= 0.3 is 5.97 Å². The van der Waals surface area contributed by atoms with E-state index in [1.807, 2.05) is 33.8 Å². The van der Waals surface area contributed by atoms with Crippen molar-refractivity contribution in [2.45, 2.75) is 59.0 Å². The van der Waals surface area contributed by atoms with Crippen molar-refractivity contribution in [2.75, 3.05) is 0 Å². The summed E-state index contributed by atoms with van der Waals surface area (Å²) in [6.07, 6.45) is 0.789. The Bertz CT molecular complexity index is 492. The number of hydrogen-bond acceptors (Lipinski definition) is 3. The minimum Gasteiger partial charge on any atom is -0.481 e. The van der Waals surface area contributed by atoms with Crippen LogP contribution in [0.2, 0.25) is 0 Å². The Labute approximate surface area is 119 Å². The molecule has 1 heterocycles. The highest BCUT2D eigenvalue weighted by Gasteiger charge is 2.21. The number of carbonyl (C=O) groups is 2. The zero-order valence-electron chi connectivity index (χ0n) is 12.6. The Kier molecular flexibility index (Phi) is 5.30. The van der Waals surface area contributed by atoms with E-state index in [0.29, 0.717) is 19.4 Å². The third-order valence-electron chi connectivity index (χ3n) is 3.10. The molecule has 0 bridgehead atoms. The maximum absolute atomic E-state index is 11.9. The topological polar surface area (TPSA) is 84.2 Å². The summed E-state index contributed by atoms with van der Waals surface area (Å²) in [6, 6.07) is 1.97. The lowest BCUT2D eigenvalue weighted by molar-refractivity contribution is -0.137. The van der Waals surface area contributed by atoms with Crippen molar-refractivity contribution in [2.24, 2.45) is 0 Å². The first kappa shape index (κ1) is 16.2. The molecule has 0 aliphatic heterocycles. The van der Waals surface area contributed by atoms with Crippen LogP contribution in [0.15, 0.2) is 6.07 Å². The lowest BCUT2D eigenvalue weighted by atomic mass is 9.98. The molecule has 0 spiro atoms. The van der Waals surface area contributed by atoms with Gasteiger partial charge in [0.2, 0.25) is 5.91 Å². The summed E-state index contributed by atoms with van der Waals surface area (Å²) in [5, 5.41) is 15.8. The Balaban J connectivity index is 2.43. The van der Waals surface area contributed by atoms with Gasteiger partial charge in [0.15, 0.2) is 0 Å². The summed E-state index contributed by atoms with van der Waals surface area (Å²) in [5.74, 6) is -0.942. The van der Waals surface area contributed by atoms with Crippen LogP contribution < -0.4 is 5.32 Å². The molecule has 112 valence electrons. The van der Waals surface area contributed by atoms with Crippen LogP contribution in [-0.2, 0) is 16.1 Å². The minimum atomic E-state index is -0.852. The Morgan fingerprint density at radius 3 is 2.50 bits per heavy atom. The fraction of sp³-hybridized carbons (Fsp3) is 0.643. The lowest BCUT2D eigenvalue weighted by Crippen LogP contribution is -2.44. The fourth-order valence-corrected chi connectivity index (χ4v) is 2.03. The van der Waals surface area contributed by atoms with Crippen LogP contribution in [0.3, 0.4) is 0 Å². The van der Waals surface area contributed by atoms with Gasteiger partial charge in [-0.25, -0.2) is 0 Å². The molecule has 0 radical (unpaired) electrons. The van der Waals surface area contributed by atoms with E-state index in [2.05, 4.69) is 10.4 Å². The number of aliphatic carboxylic acids is 1. The highest BCUT2D eigenvalue weighted by atomic mass is 16.4. The van der Waals surface area contributed by atoms with E-state index in [9.17, 15) is 9.59 Å². The molecule has 0 unspecified atom stereocenters. The normalized spacial score (nSPS) is 11.4. The highest BCUT2D eigenvalue weighted by molar-refractivity contribution is 5.76. The van der Waals surface area contributed by atoms with E-state index in [4.69, 9.17) is 5.11 Å². The molecule has 0 aromatic carbocycles. The predicted octanol–water partition coefficient (Wildman–Crippen LogP) is 1.65. The smallest absolute Gasteiger partial charge is 0.303 e. The number of nitrogens with zero attached hydrogens (tertiary/aromatic N) is 2. The second kappa shape index (κ2) is 6.54. The van der Waals surface area contributed by atoms with Crippen LogP contribution in [0.4, 0.5) is 0 Å². The van der Waals surface area contributed by atoms with Gasteiger partial charge < -0.3 is 10.4 Å². The number of aromatic nitrogens is 2. The van der Waals surface area contributed by atoms with Gasteiger partial charge in [0.25, 0.3) is 0 Å². The van der Waals surface area contributed by atoms with Gasteiger partial charge in [0.05, 0.1) is 5.69 Å². The van der Waals surface area contributed by atoms with Crippen molar-refractivity contribution >= 4 is 11.9 Å². The van der Waals surface area contributed by atoms with Crippen LogP contribution in [-0.4, -0.2) is 32.3 Å². The molecule has 6 heteroatoms. The first-order valence-electron chi connectivity index (χ1n) is 6.73. The van der Waals surface area contributed by atoms with Crippen molar-refractivity contribution < 1.29 is 14.7 Å². The standard InChI is InChI=1S/C14H23N3O3/c1-10-9-11(2)17(16-10)8-6-12(18)15-14(3,4)7-5-13(19)20/h9H,5-8H2,1-4H3,(H,15,18)(H,19,20). The zero-order chi connectivity index (χ0) is 15.3. The number of amides is 1. The van der Waals surface area contributed by atoms with Gasteiger partial charge in [0.1, 0.15) is 0 Å². The van der Waals surface area contributed by atoms with Gasteiger partial charge in [-0.3, -0.25) is 14.3 Å². The number of hydrogen-bond donors (Lipinski definition) is 2. The van der Waals surface area contributed by atoms with E-state index in [-0.39, 0.29) is 12.3 Å². The molecule has 0 saturated carbocycles. The molecule has 0 saturated heterocycles. The molecule has 6 nitrogen and oxygen atoms in total. The monoisotopic (exact) mass is 281 g/mol. The largest absolute Gasteiger partial charge is 0.481 e. The van der Waals surface area contributed by atoms with Gasteiger partial charge in [0, 0.05) is 30.6 Å². The van der Waals surface area contributed by atoms with E-state index < -0.39 is 11.5 Å². The number of carboxylic acids is 1. The molecular formula is C14H23N3O3. The summed E-state index contributed by atoms with van der Waals surface area (Å²) in [6.45, 7) is 8.06. The van der Waals surface area contributed by atoms with Crippen LogP contribution in [0.1, 0.15) is 44.5 Å². The number of carbonyl (C=O) groups excluding carboxylic acids is 1. The van der Waals surface area contributed by atoms with Crippen molar-refractivity contribution in [1.29, 1.82) is 0 Å². The second-order valence-electron chi connectivity index (χ2n) is 5.73. The third kappa shape index (κ3) is 5.42. The maximum atomic E-state index is 11.9. The third-order valence-corrected chi connectivity index (χ3v) is 3.10. The quantitative estimate of drug-likeness (QED) is 0.796. The molecule has 1 rings (SSSR count). The first-order valence-corrected chi connectivity index (χ1v) is 6.73. The maximum Gasteiger partial charge on any atom is 0.303 e. The molecule has 0 aliphatic carbocycles. The van der Waals surface area contributed by atoms with E-state index >= 15 is 0 Å². The van der Waals surface area contributed by atoms with E-state index in [1.165, 1.54) is 0 Å². The SMILES string of the molecule is Cc1cc(C)n(CCC(=O)NC(C)(C)CCC(=O)O)n1. The zero-order valence-corrected chi connectivity index (χ0v) is 12.6. The van der Waals surface area contributed by atoms with Gasteiger partial charge in [-0.15, -0.1) is 0 Å². The van der Waals surface area contributed by atoms with Gasteiger partial charge in [-0.05, 0) is 40.2 Å². The predicted molar refractivity (Wildman–Crippen MR) is 75.4 cm³/mol. The van der Waals surface area contributed by atoms with Gasteiger partial charge in [-0.1, -0.05) is 0 Å². The molecule has 1 aromatic rings. The average Bonchev–Trinajstić information content (AvgIpc) is 2.62. The van der Waals surface area contributed by atoms with Crippen molar-refractivity contribution in [1.82, 2.24) is 15.1 Å². The number of aryl methyl sites for hydroxylation is 3.